The van der Waals surface area contributed by atoms with E-state index in [0.29, 0.717) is 6.04 Å². The van der Waals surface area contributed by atoms with Gasteiger partial charge >= 0.3 is 5.97 Å². The third-order valence-corrected chi connectivity index (χ3v) is 4.53. The van der Waals surface area contributed by atoms with Gasteiger partial charge in [0.15, 0.2) is 0 Å². The highest BCUT2D eigenvalue weighted by Gasteiger charge is 2.21. The van der Waals surface area contributed by atoms with Crippen LogP contribution < -0.4 is 0 Å². The van der Waals surface area contributed by atoms with Crippen molar-refractivity contribution in [3.8, 4) is 0 Å². The molecule has 5 nitrogen and oxygen atoms in total. The smallest absolute Gasteiger partial charge is 0.330 e. The van der Waals surface area contributed by atoms with Crippen LogP contribution in [-0.4, -0.2) is 28.1 Å². The Kier molecular flexibility index (Phi) is 5.41. The molecule has 0 radical (unpaired) electrons. The maximum absolute atomic E-state index is 11.4. The zero-order valence-corrected chi connectivity index (χ0v) is 14.0. The molecular formula is C19H23N3O2. The summed E-state index contributed by atoms with van der Waals surface area (Å²) in [6, 6.07) is 10.7. The Bertz CT molecular complexity index is 701. The Labute approximate surface area is 142 Å². The van der Waals surface area contributed by atoms with Gasteiger partial charge in [-0.2, -0.15) is 0 Å². The summed E-state index contributed by atoms with van der Waals surface area (Å²) in [5, 5.41) is 8.72. The number of esters is 1. The summed E-state index contributed by atoms with van der Waals surface area (Å²) in [4.78, 5) is 11.4. The van der Waals surface area contributed by atoms with Crippen LogP contribution in [0.15, 0.2) is 36.4 Å². The van der Waals surface area contributed by atoms with Crippen LogP contribution in [-0.2, 0) is 16.0 Å². The Morgan fingerprint density at radius 3 is 2.71 bits per heavy atom. The van der Waals surface area contributed by atoms with Crippen molar-refractivity contribution in [2.45, 2.75) is 44.6 Å². The van der Waals surface area contributed by atoms with Crippen molar-refractivity contribution in [1.82, 2.24) is 15.0 Å². The summed E-state index contributed by atoms with van der Waals surface area (Å²) >= 11 is 0. The Balaban J connectivity index is 1.91. The summed E-state index contributed by atoms with van der Waals surface area (Å²) in [7, 11) is 1.37. The van der Waals surface area contributed by atoms with E-state index in [-0.39, 0.29) is 5.97 Å². The van der Waals surface area contributed by atoms with Gasteiger partial charge in [0.2, 0.25) is 0 Å². The van der Waals surface area contributed by atoms with Gasteiger partial charge in [0.05, 0.1) is 18.8 Å². The lowest BCUT2D eigenvalue weighted by molar-refractivity contribution is -0.134. The molecule has 3 rings (SSSR count). The standard InChI is InChI=1S/C19H23N3O2/c1-24-19(23)13-12-17-18(14-15-8-4-2-5-9-15)22(21-20-17)16-10-6-3-7-11-16/h2,4-5,8-9,12-13,16H,3,6-7,10-11,14H2,1H3/b13-12-. The molecule has 1 aromatic heterocycles. The molecule has 0 amide bonds. The van der Waals surface area contributed by atoms with Gasteiger partial charge in [0.1, 0.15) is 5.69 Å². The summed E-state index contributed by atoms with van der Waals surface area (Å²) in [5.41, 5.74) is 3.02. The van der Waals surface area contributed by atoms with Crippen LogP contribution in [0.3, 0.4) is 0 Å². The van der Waals surface area contributed by atoms with Gasteiger partial charge in [-0.25, -0.2) is 9.48 Å². The number of methoxy groups -OCH3 is 1. The van der Waals surface area contributed by atoms with Gasteiger partial charge in [-0.3, -0.25) is 0 Å². The predicted octanol–water partition coefficient (Wildman–Crippen LogP) is 3.56. The zero-order valence-electron chi connectivity index (χ0n) is 14.0. The minimum Gasteiger partial charge on any atom is -0.466 e. The van der Waals surface area contributed by atoms with E-state index in [2.05, 4.69) is 31.9 Å². The van der Waals surface area contributed by atoms with Gasteiger partial charge in [0.25, 0.3) is 0 Å². The fraction of sp³-hybridized carbons (Fsp3) is 0.421. The SMILES string of the molecule is COC(=O)/C=C\c1nnn(C2CCCCC2)c1Cc1ccccc1. The molecule has 1 saturated carbocycles. The second-order valence-corrected chi connectivity index (χ2v) is 6.18. The van der Waals surface area contributed by atoms with E-state index in [0.717, 1.165) is 30.7 Å². The molecule has 5 heteroatoms. The predicted molar refractivity (Wildman–Crippen MR) is 92.4 cm³/mol. The molecular weight excluding hydrogens is 302 g/mol. The van der Waals surface area contributed by atoms with Gasteiger partial charge in [-0.1, -0.05) is 54.8 Å². The maximum Gasteiger partial charge on any atom is 0.330 e. The van der Waals surface area contributed by atoms with Crippen LogP contribution in [0.4, 0.5) is 0 Å². The molecule has 1 heterocycles. The molecule has 1 aliphatic rings. The number of aromatic nitrogens is 3. The highest BCUT2D eigenvalue weighted by Crippen LogP contribution is 2.30. The Morgan fingerprint density at radius 1 is 1.25 bits per heavy atom. The maximum atomic E-state index is 11.4. The van der Waals surface area contributed by atoms with Crippen molar-refractivity contribution in [2.24, 2.45) is 0 Å². The van der Waals surface area contributed by atoms with Crippen molar-refractivity contribution in [1.29, 1.82) is 0 Å². The fourth-order valence-electron chi connectivity index (χ4n) is 3.25. The second-order valence-electron chi connectivity index (χ2n) is 6.18. The van der Waals surface area contributed by atoms with Crippen molar-refractivity contribution in [2.75, 3.05) is 7.11 Å². The van der Waals surface area contributed by atoms with Crippen LogP contribution in [0.2, 0.25) is 0 Å². The van der Waals surface area contributed by atoms with Crippen LogP contribution >= 0.6 is 0 Å². The van der Waals surface area contributed by atoms with Crippen molar-refractivity contribution in [3.05, 3.63) is 53.4 Å². The zero-order chi connectivity index (χ0) is 16.8. The quantitative estimate of drug-likeness (QED) is 0.623. The number of ether oxygens (including phenoxy) is 1. The van der Waals surface area contributed by atoms with E-state index in [9.17, 15) is 4.79 Å². The van der Waals surface area contributed by atoms with Crippen molar-refractivity contribution >= 4 is 12.0 Å². The molecule has 1 fully saturated rings. The number of nitrogens with zero attached hydrogens (tertiary/aromatic N) is 3. The third-order valence-electron chi connectivity index (χ3n) is 4.53. The third kappa shape index (κ3) is 3.91. The number of hydrogen-bond acceptors (Lipinski definition) is 4. The number of carbonyl (C=O) groups is 1. The first-order chi connectivity index (χ1) is 11.8. The largest absolute Gasteiger partial charge is 0.466 e. The van der Waals surface area contributed by atoms with Crippen molar-refractivity contribution in [3.63, 3.8) is 0 Å². The van der Waals surface area contributed by atoms with Crippen LogP contribution in [0, 0.1) is 0 Å². The first-order valence-electron chi connectivity index (χ1n) is 8.52. The molecule has 126 valence electrons. The molecule has 2 aromatic rings. The average molecular weight is 325 g/mol. The topological polar surface area (TPSA) is 57.0 Å². The van der Waals surface area contributed by atoms with Crippen LogP contribution in [0.5, 0.6) is 0 Å². The summed E-state index contributed by atoms with van der Waals surface area (Å²) in [6.07, 6.45) is 9.93. The molecule has 1 aliphatic carbocycles. The molecule has 0 bridgehead atoms. The Hall–Kier alpha value is -2.43. The lowest BCUT2D eigenvalue weighted by Gasteiger charge is -2.23. The van der Waals surface area contributed by atoms with Crippen LogP contribution in [0.1, 0.15) is 55.1 Å². The van der Waals surface area contributed by atoms with E-state index in [1.54, 1.807) is 6.08 Å². The lowest BCUT2D eigenvalue weighted by atomic mass is 9.95. The van der Waals surface area contributed by atoms with E-state index >= 15 is 0 Å². The summed E-state index contributed by atoms with van der Waals surface area (Å²) in [5.74, 6) is -0.382. The number of rotatable bonds is 5. The van der Waals surface area contributed by atoms with E-state index in [1.807, 2.05) is 18.2 Å². The first kappa shape index (κ1) is 16.4. The summed E-state index contributed by atoms with van der Waals surface area (Å²) < 4.78 is 6.75. The van der Waals surface area contributed by atoms with Gasteiger partial charge in [-0.05, 0) is 24.5 Å². The normalized spacial score (nSPS) is 15.7. The van der Waals surface area contributed by atoms with Crippen LogP contribution in [0.25, 0.3) is 6.08 Å². The highest BCUT2D eigenvalue weighted by molar-refractivity contribution is 5.86. The number of hydrogen-bond donors (Lipinski definition) is 0. The minimum absolute atomic E-state index is 0.382. The molecule has 24 heavy (non-hydrogen) atoms. The van der Waals surface area contributed by atoms with Gasteiger partial charge in [-0.15, -0.1) is 5.10 Å². The minimum atomic E-state index is -0.382. The van der Waals surface area contributed by atoms with E-state index in [4.69, 9.17) is 0 Å². The van der Waals surface area contributed by atoms with Gasteiger partial charge < -0.3 is 4.74 Å². The molecule has 0 unspecified atom stereocenters. The highest BCUT2D eigenvalue weighted by atomic mass is 16.5. The van der Waals surface area contributed by atoms with Crippen molar-refractivity contribution < 1.29 is 9.53 Å². The van der Waals surface area contributed by atoms with E-state index < -0.39 is 0 Å². The first-order valence-corrected chi connectivity index (χ1v) is 8.52. The number of benzene rings is 1. The molecule has 0 N–H and O–H groups in total. The molecule has 0 atom stereocenters. The Morgan fingerprint density at radius 2 is 2.00 bits per heavy atom. The molecule has 0 spiro atoms. The van der Waals surface area contributed by atoms with Gasteiger partial charge in [0, 0.05) is 12.5 Å². The average Bonchev–Trinajstić information content (AvgIpc) is 3.04. The van der Waals surface area contributed by atoms with E-state index in [1.165, 1.54) is 38.0 Å². The second kappa shape index (κ2) is 7.90. The monoisotopic (exact) mass is 325 g/mol. The molecule has 1 aromatic carbocycles. The molecule has 0 aliphatic heterocycles. The fourth-order valence-corrected chi connectivity index (χ4v) is 3.25. The summed E-state index contributed by atoms with van der Waals surface area (Å²) in [6.45, 7) is 0. The lowest BCUT2D eigenvalue weighted by Crippen LogP contribution is -2.17. The number of carbonyl (C=O) groups excluding carboxylic acids is 1. The molecule has 0 saturated heterocycles.